The highest BCUT2D eigenvalue weighted by Gasteiger charge is 2.54. The highest BCUT2D eigenvalue weighted by molar-refractivity contribution is 8.00. The summed E-state index contributed by atoms with van der Waals surface area (Å²) in [6, 6.07) is 5.03. The zero-order valence-electron chi connectivity index (χ0n) is 17.2. The minimum absolute atomic E-state index is 0.0864. The molecule has 31 heavy (non-hydrogen) atoms. The standard InChI is InChI=1S/C22H27Cl2N3O3S/c23-16-1-2-17(24)18(8-16)31-12-20(29)27-26-19(28)3-4-25-21(30)22-9-13-5-14(10-22)7-15(6-13)11-22/h1-2,8,13-15H,3-7,9-12H2,(H,25,30)(H,26,28)(H,27,29). The molecular formula is C22H27Cl2N3O3S. The number of hydrazine groups is 1. The molecule has 0 unspecified atom stereocenters. The van der Waals surface area contributed by atoms with E-state index < -0.39 is 0 Å². The molecule has 0 saturated heterocycles. The summed E-state index contributed by atoms with van der Waals surface area (Å²) in [7, 11) is 0. The molecule has 9 heteroatoms. The normalized spacial score (nSPS) is 28.3. The summed E-state index contributed by atoms with van der Waals surface area (Å²) in [5.74, 6) is 1.61. The third-order valence-corrected chi connectivity index (χ3v) is 8.48. The highest BCUT2D eigenvalue weighted by Crippen LogP contribution is 2.60. The average molecular weight is 484 g/mol. The zero-order chi connectivity index (χ0) is 22.0. The molecule has 0 heterocycles. The fourth-order valence-corrected chi connectivity index (χ4v) is 7.13. The van der Waals surface area contributed by atoms with Gasteiger partial charge in [0.25, 0.3) is 0 Å². The van der Waals surface area contributed by atoms with Crippen LogP contribution in [0.2, 0.25) is 10.0 Å². The molecule has 3 N–H and O–H groups in total. The van der Waals surface area contributed by atoms with Crippen LogP contribution in [0.15, 0.2) is 23.1 Å². The predicted octanol–water partition coefficient (Wildman–Crippen LogP) is 3.96. The molecule has 4 fully saturated rings. The van der Waals surface area contributed by atoms with Gasteiger partial charge >= 0.3 is 0 Å². The van der Waals surface area contributed by atoms with E-state index >= 15 is 0 Å². The van der Waals surface area contributed by atoms with Crippen molar-refractivity contribution in [2.45, 2.75) is 49.8 Å². The molecule has 0 atom stereocenters. The van der Waals surface area contributed by atoms with Crippen LogP contribution in [0.3, 0.4) is 0 Å². The summed E-state index contributed by atoms with van der Waals surface area (Å²) in [5, 5.41) is 4.03. The third-order valence-electron chi connectivity index (χ3n) is 6.75. The van der Waals surface area contributed by atoms with Gasteiger partial charge in [0.2, 0.25) is 17.7 Å². The average Bonchev–Trinajstić information content (AvgIpc) is 2.72. The highest BCUT2D eigenvalue weighted by atomic mass is 35.5. The van der Waals surface area contributed by atoms with Crippen molar-refractivity contribution in [1.29, 1.82) is 0 Å². The Morgan fingerprint density at radius 2 is 1.58 bits per heavy atom. The molecule has 0 spiro atoms. The molecule has 5 rings (SSSR count). The molecule has 0 aliphatic heterocycles. The van der Waals surface area contributed by atoms with Gasteiger partial charge in [-0.05, 0) is 74.5 Å². The summed E-state index contributed by atoms with van der Waals surface area (Å²) in [6.45, 7) is 0.273. The van der Waals surface area contributed by atoms with Crippen LogP contribution in [0.1, 0.15) is 44.9 Å². The summed E-state index contributed by atoms with van der Waals surface area (Å²) in [6.07, 6.45) is 6.99. The lowest BCUT2D eigenvalue weighted by Gasteiger charge is -2.55. The van der Waals surface area contributed by atoms with Crippen LogP contribution >= 0.6 is 35.0 Å². The van der Waals surface area contributed by atoms with Crippen LogP contribution < -0.4 is 16.2 Å². The Labute approximate surface area is 196 Å². The summed E-state index contributed by atoms with van der Waals surface area (Å²) >= 11 is 13.2. The number of hydrogen-bond acceptors (Lipinski definition) is 4. The summed E-state index contributed by atoms with van der Waals surface area (Å²) < 4.78 is 0. The largest absolute Gasteiger partial charge is 0.355 e. The van der Waals surface area contributed by atoms with Crippen LogP contribution in [0.4, 0.5) is 0 Å². The van der Waals surface area contributed by atoms with E-state index in [-0.39, 0.29) is 41.9 Å². The van der Waals surface area contributed by atoms with Crippen molar-refractivity contribution in [1.82, 2.24) is 16.2 Å². The van der Waals surface area contributed by atoms with Gasteiger partial charge in [-0.3, -0.25) is 25.2 Å². The SMILES string of the molecule is O=C(CCNC(=O)C12CC3CC(CC(C3)C1)C2)NNC(=O)CSc1cc(Cl)ccc1Cl. The Bertz CT molecular complexity index is 844. The number of carbonyl (C=O) groups is 3. The van der Waals surface area contributed by atoms with Gasteiger partial charge in [0.05, 0.1) is 10.8 Å². The van der Waals surface area contributed by atoms with E-state index in [0.717, 1.165) is 19.3 Å². The van der Waals surface area contributed by atoms with Crippen molar-refractivity contribution < 1.29 is 14.4 Å². The number of carbonyl (C=O) groups excluding carboxylic acids is 3. The lowest BCUT2D eigenvalue weighted by molar-refractivity contribution is -0.146. The lowest BCUT2D eigenvalue weighted by atomic mass is 9.49. The minimum Gasteiger partial charge on any atom is -0.355 e. The van der Waals surface area contributed by atoms with E-state index in [1.165, 1.54) is 31.0 Å². The molecule has 0 radical (unpaired) electrons. The number of thioether (sulfide) groups is 1. The quantitative estimate of drug-likeness (QED) is 0.404. The van der Waals surface area contributed by atoms with Crippen molar-refractivity contribution in [2.75, 3.05) is 12.3 Å². The van der Waals surface area contributed by atoms with Crippen molar-refractivity contribution in [3.05, 3.63) is 28.2 Å². The Morgan fingerprint density at radius 1 is 0.968 bits per heavy atom. The molecule has 1 aromatic rings. The molecule has 168 valence electrons. The maximum absolute atomic E-state index is 12.9. The lowest BCUT2D eigenvalue weighted by Crippen LogP contribution is -2.54. The number of benzene rings is 1. The van der Waals surface area contributed by atoms with Gasteiger partial charge in [0.1, 0.15) is 0 Å². The second-order valence-electron chi connectivity index (χ2n) is 9.16. The van der Waals surface area contributed by atoms with E-state index in [2.05, 4.69) is 16.2 Å². The second kappa shape index (κ2) is 9.59. The van der Waals surface area contributed by atoms with Crippen molar-refractivity contribution >= 4 is 52.7 Å². The van der Waals surface area contributed by atoms with Crippen molar-refractivity contribution in [3.63, 3.8) is 0 Å². The number of halogens is 2. The maximum Gasteiger partial charge on any atom is 0.248 e. The van der Waals surface area contributed by atoms with Crippen LogP contribution in [-0.4, -0.2) is 30.0 Å². The van der Waals surface area contributed by atoms with Crippen LogP contribution in [-0.2, 0) is 14.4 Å². The molecule has 1 aromatic carbocycles. The van der Waals surface area contributed by atoms with Gasteiger partial charge < -0.3 is 5.32 Å². The topological polar surface area (TPSA) is 87.3 Å². The van der Waals surface area contributed by atoms with Crippen LogP contribution in [0.25, 0.3) is 0 Å². The van der Waals surface area contributed by atoms with Gasteiger partial charge in [-0.1, -0.05) is 23.2 Å². The Morgan fingerprint density at radius 3 is 2.23 bits per heavy atom. The van der Waals surface area contributed by atoms with E-state index in [9.17, 15) is 14.4 Å². The number of hydrogen-bond donors (Lipinski definition) is 3. The van der Waals surface area contributed by atoms with Crippen molar-refractivity contribution in [2.24, 2.45) is 23.2 Å². The third kappa shape index (κ3) is 5.49. The van der Waals surface area contributed by atoms with Gasteiger partial charge in [-0.25, -0.2) is 0 Å². The first-order valence-corrected chi connectivity index (χ1v) is 12.5. The van der Waals surface area contributed by atoms with Crippen molar-refractivity contribution in [3.8, 4) is 0 Å². The number of rotatable bonds is 7. The first kappa shape index (κ1) is 22.7. The fraction of sp³-hybridized carbons (Fsp3) is 0.591. The predicted molar refractivity (Wildman–Crippen MR) is 122 cm³/mol. The molecule has 6 nitrogen and oxygen atoms in total. The summed E-state index contributed by atoms with van der Waals surface area (Å²) in [4.78, 5) is 37.6. The fourth-order valence-electron chi connectivity index (χ4n) is 5.83. The first-order chi connectivity index (χ1) is 14.8. The Kier molecular flexibility index (Phi) is 7.04. The minimum atomic E-state index is -0.355. The number of nitrogens with one attached hydrogen (secondary N) is 3. The van der Waals surface area contributed by atoms with Gasteiger partial charge in [0.15, 0.2) is 0 Å². The van der Waals surface area contributed by atoms with Crippen LogP contribution in [0.5, 0.6) is 0 Å². The molecule has 4 aliphatic rings. The Hall–Kier alpha value is -1.44. The van der Waals surface area contributed by atoms with Gasteiger partial charge in [-0.15, -0.1) is 11.8 Å². The van der Waals surface area contributed by atoms with E-state index in [1.807, 2.05) is 0 Å². The summed E-state index contributed by atoms with van der Waals surface area (Å²) in [5.41, 5.74) is 4.57. The number of amides is 3. The second-order valence-corrected chi connectivity index (χ2v) is 11.0. The monoisotopic (exact) mass is 483 g/mol. The molecular weight excluding hydrogens is 457 g/mol. The molecule has 3 amide bonds. The maximum atomic E-state index is 12.9. The molecule has 4 aliphatic carbocycles. The smallest absolute Gasteiger partial charge is 0.248 e. The van der Waals surface area contributed by atoms with Gasteiger partial charge in [0, 0.05) is 28.3 Å². The molecule has 0 aromatic heterocycles. The Balaban J connectivity index is 1.14. The zero-order valence-corrected chi connectivity index (χ0v) is 19.5. The van der Waals surface area contributed by atoms with E-state index in [4.69, 9.17) is 23.2 Å². The first-order valence-electron chi connectivity index (χ1n) is 10.8. The molecule has 4 saturated carbocycles. The van der Waals surface area contributed by atoms with Gasteiger partial charge in [-0.2, -0.15) is 0 Å². The van der Waals surface area contributed by atoms with Crippen LogP contribution in [0, 0.1) is 23.2 Å². The molecule has 4 bridgehead atoms. The van der Waals surface area contributed by atoms with E-state index in [0.29, 0.717) is 32.7 Å². The van der Waals surface area contributed by atoms with E-state index in [1.54, 1.807) is 18.2 Å².